The lowest BCUT2D eigenvalue weighted by Crippen LogP contribution is -2.54. The van der Waals surface area contributed by atoms with Crippen LogP contribution in [-0.4, -0.2) is 53.5 Å². The minimum Gasteiger partial charge on any atom is -0.386 e. The van der Waals surface area contributed by atoms with E-state index in [1.54, 1.807) is 19.2 Å². The summed E-state index contributed by atoms with van der Waals surface area (Å²) in [6.45, 7) is 4.57. The fourth-order valence-corrected chi connectivity index (χ4v) is 6.18. The van der Waals surface area contributed by atoms with Crippen LogP contribution in [-0.2, 0) is 15.4 Å². The van der Waals surface area contributed by atoms with Crippen LogP contribution in [0.15, 0.2) is 41.7 Å². The number of sulfone groups is 1. The van der Waals surface area contributed by atoms with E-state index < -0.39 is 36.0 Å². The van der Waals surface area contributed by atoms with Crippen molar-refractivity contribution < 1.29 is 12.8 Å². The molecular weight excluding hydrogens is 533 g/mol. The number of hydrogen-bond acceptors (Lipinski definition) is 7. The maximum Gasteiger partial charge on any atom is 0.165 e. The van der Waals surface area contributed by atoms with Crippen LogP contribution in [0.4, 0.5) is 15.9 Å². The molecule has 196 valence electrons. The SMILES string of the molecule is CC1(C)C(N)=N[C@](C)(c2cc(Nc3ncc(C#CS(C)(C)C)c4cc(Cl)cnc34)ccc2F)CS1(=O)=O. The summed E-state index contributed by atoms with van der Waals surface area (Å²) in [7, 11) is -4.76. The second-order valence-electron chi connectivity index (χ2n) is 10.5. The normalized spacial score (nSPS) is 21.0. The van der Waals surface area contributed by atoms with Gasteiger partial charge < -0.3 is 11.1 Å². The number of aliphatic imine (C=N–C) groups is 1. The van der Waals surface area contributed by atoms with Crippen molar-refractivity contribution in [3.63, 3.8) is 0 Å². The van der Waals surface area contributed by atoms with Crippen molar-refractivity contribution in [1.82, 2.24) is 9.97 Å². The largest absolute Gasteiger partial charge is 0.386 e. The second-order valence-corrected chi connectivity index (χ2v) is 17.3. The van der Waals surface area contributed by atoms with E-state index in [0.717, 1.165) is 5.39 Å². The number of aromatic nitrogens is 2. The first-order chi connectivity index (χ1) is 17.0. The maximum atomic E-state index is 15.1. The Morgan fingerprint density at radius 3 is 2.49 bits per heavy atom. The van der Waals surface area contributed by atoms with E-state index in [2.05, 4.69) is 50.2 Å². The number of halogens is 2. The van der Waals surface area contributed by atoms with E-state index >= 15 is 4.39 Å². The van der Waals surface area contributed by atoms with Crippen LogP contribution < -0.4 is 11.1 Å². The molecule has 3 heterocycles. The standard InChI is InChI=1S/C26H29ClFN5O2S2/c1-25(2)24(29)33-26(3,15-37(25,34)35)20-12-18(7-8-21(20)28)32-23-22-19(11-17(27)14-30-22)16(13-31-23)9-10-36(4,5)6/h7-8,11-14H,15H2,1-6H3,(H2,29,33)(H,31,32)/t26-/m0/s1. The Balaban J connectivity index is 1.79. The Kier molecular flexibility index (Phi) is 6.72. The van der Waals surface area contributed by atoms with Crippen molar-refractivity contribution >= 4 is 59.7 Å². The number of rotatable bonds is 3. The predicted molar refractivity (Wildman–Crippen MR) is 153 cm³/mol. The first-order valence-corrected chi connectivity index (χ1v) is 16.2. The summed E-state index contributed by atoms with van der Waals surface area (Å²) < 4.78 is 39.7. The van der Waals surface area contributed by atoms with Gasteiger partial charge in [0.05, 0.1) is 16.3 Å². The third-order valence-electron chi connectivity index (χ3n) is 6.23. The smallest absolute Gasteiger partial charge is 0.165 e. The van der Waals surface area contributed by atoms with Crippen LogP contribution >= 0.6 is 21.6 Å². The molecule has 1 aliphatic rings. The molecular formula is C26H29ClFN5O2S2. The van der Waals surface area contributed by atoms with Crippen LogP contribution in [0.25, 0.3) is 10.9 Å². The van der Waals surface area contributed by atoms with Gasteiger partial charge in [-0.3, -0.25) is 9.98 Å². The first-order valence-electron chi connectivity index (χ1n) is 11.3. The fourth-order valence-electron chi connectivity index (χ4n) is 3.93. The van der Waals surface area contributed by atoms with Crippen molar-refractivity contribution in [3.8, 4) is 11.2 Å². The molecule has 1 atom stereocenters. The third-order valence-corrected chi connectivity index (χ3v) is 9.85. The van der Waals surface area contributed by atoms with Crippen molar-refractivity contribution in [2.24, 2.45) is 10.7 Å². The summed E-state index contributed by atoms with van der Waals surface area (Å²) in [6.07, 6.45) is 9.46. The molecule has 0 saturated heterocycles. The van der Waals surface area contributed by atoms with Gasteiger partial charge in [0.25, 0.3) is 0 Å². The molecule has 3 aromatic rings. The molecule has 37 heavy (non-hydrogen) atoms. The molecule has 3 N–H and O–H groups in total. The average molecular weight is 562 g/mol. The minimum absolute atomic E-state index is 0.0541. The fraction of sp³-hybridized carbons (Fsp3) is 0.346. The summed E-state index contributed by atoms with van der Waals surface area (Å²) in [5, 5.41) is 7.65. The number of pyridine rings is 2. The van der Waals surface area contributed by atoms with Gasteiger partial charge in [-0.25, -0.2) is 17.8 Å². The van der Waals surface area contributed by atoms with E-state index in [1.165, 1.54) is 38.2 Å². The molecule has 0 aliphatic carbocycles. The van der Waals surface area contributed by atoms with Gasteiger partial charge in [0.1, 0.15) is 27.5 Å². The van der Waals surface area contributed by atoms with Gasteiger partial charge in [-0.2, -0.15) is 10.0 Å². The lowest BCUT2D eigenvalue weighted by Gasteiger charge is -2.38. The number of nitrogens with zero attached hydrogens (tertiary/aromatic N) is 3. The number of amidine groups is 1. The molecule has 0 radical (unpaired) electrons. The molecule has 4 rings (SSSR count). The number of benzene rings is 1. The Morgan fingerprint density at radius 1 is 1.14 bits per heavy atom. The topological polar surface area (TPSA) is 110 Å². The molecule has 0 amide bonds. The summed E-state index contributed by atoms with van der Waals surface area (Å²) in [4.78, 5) is 13.4. The number of hydrogen-bond donors (Lipinski definition) is 2. The highest BCUT2D eigenvalue weighted by Crippen LogP contribution is 2.39. The van der Waals surface area contributed by atoms with Gasteiger partial charge in [-0.15, -0.1) is 0 Å². The minimum atomic E-state index is -3.70. The lowest BCUT2D eigenvalue weighted by molar-refractivity contribution is 0.476. The summed E-state index contributed by atoms with van der Waals surface area (Å²) in [5.41, 5.74) is 6.49. The van der Waals surface area contributed by atoms with Gasteiger partial charge in [-0.05, 0) is 69.1 Å². The van der Waals surface area contributed by atoms with Crippen LogP contribution in [0.2, 0.25) is 5.02 Å². The van der Waals surface area contributed by atoms with Crippen LogP contribution in [0.1, 0.15) is 31.9 Å². The van der Waals surface area contributed by atoms with Crippen LogP contribution in [0.3, 0.4) is 0 Å². The third kappa shape index (κ3) is 5.26. The highest BCUT2D eigenvalue weighted by atomic mass is 35.5. The van der Waals surface area contributed by atoms with Crippen LogP contribution in [0, 0.1) is 17.0 Å². The number of anilines is 2. The summed E-state index contributed by atoms with van der Waals surface area (Å²) >= 11 is 6.23. The van der Waals surface area contributed by atoms with E-state index in [1.807, 2.05) is 0 Å². The Labute approximate surface area is 223 Å². The molecule has 0 saturated carbocycles. The zero-order chi connectivity index (χ0) is 27.4. The second kappa shape index (κ2) is 9.15. The van der Waals surface area contributed by atoms with Gasteiger partial charge >= 0.3 is 0 Å². The monoisotopic (exact) mass is 561 g/mol. The van der Waals surface area contributed by atoms with E-state index in [9.17, 15) is 8.42 Å². The zero-order valence-electron chi connectivity index (χ0n) is 21.5. The molecule has 1 aliphatic heterocycles. The average Bonchev–Trinajstić information content (AvgIpc) is 2.77. The van der Waals surface area contributed by atoms with E-state index in [4.69, 9.17) is 17.3 Å². The van der Waals surface area contributed by atoms with Crippen molar-refractivity contribution in [1.29, 1.82) is 0 Å². The molecule has 7 nitrogen and oxygen atoms in total. The van der Waals surface area contributed by atoms with Crippen molar-refractivity contribution in [2.75, 3.05) is 29.8 Å². The summed E-state index contributed by atoms with van der Waals surface area (Å²) in [5.74, 6) is 2.60. The molecule has 11 heteroatoms. The van der Waals surface area contributed by atoms with Gasteiger partial charge in [-0.1, -0.05) is 17.5 Å². The Bertz CT molecular complexity index is 1620. The van der Waals surface area contributed by atoms with E-state index in [0.29, 0.717) is 27.6 Å². The van der Waals surface area contributed by atoms with Crippen molar-refractivity contribution in [2.45, 2.75) is 31.1 Å². The molecule has 2 aromatic heterocycles. The van der Waals surface area contributed by atoms with Gasteiger partial charge in [0, 0.05) is 29.0 Å². The van der Waals surface area contributed by atoms with Gasteiger partial charge in [0.2, 0.25) is 0 Å². The van der Waals surface area contributed by atoms with Crippen LogP contribution in [0.5, 0.6) is 0 Å². The Hall–Kier alpha value is -2.87. The zero-order valence-corrected chi connectivity index (χ0v) is 23.9. The Morgan fingerprint density at radius 2 is 1.84 bits per heavy atom. The molecule has 0 spiro atoms. The molecule has 0 unspecified atom stereocenters. The quantitative estimate of drug-likeness (QED) is 0.438. The summed E-state index contributed by atoms with van der Waals surface area (Å²) in [6, 6.07) is 6.11. The molecule has 0 bridgehead atoms. The lowest BCUT2D eigenvalue weighted by atomic mass is 9.92. The number of nitrogens with one attached hydrogen (secondary N) is 1. The predicted octanol–water partition coefficient (Wildman–Crippen LogP) is 4.95. The highest BCUT2D eigenvalue weighted by Gasteiger charge is 2.49. The first kappa shape index (κ1) is 27.2. The molecule has 1 aromatic carbocycles. The number of nitrogens with two attached hydrogens (primary N) is 1. The number of fused-ring (bicyclic) bond motifs is 1. The highest BCUT2D eigenvalue weighted by molar-refractivity contribution is 8.36. The van der Waals surface area contributed by atoms with E-state index in [-0.39, 0.29) is 17.2 Å². The van der Waals surface area contributed by atoms with Gasteiger partial charge in [0.15, 0.2) is 15.7 Å². The maximum absolute atomic E-state index is 15.1. The molecule has 0 fully saturated rings. The van der Waals surface area contributed by atoms with Crippen molar-refractivity contribution in [3.05, 3.63) is 58.6 Å².